The third kappa shape index (κ3) is 3.51. The third-order valence-corrected chi connectivity index (χ3v) is 3.00. The van der Waals surface area contributed by atoms with Crippen LogP contribution in [0.4, 0.5) is 13.2 Å². The van der Waals surface area contributed by atoms with Crippen molar-refractivity contribution in [1.29, 1.82) is 0 Å². The standard InChI is InChI=1S/C14H11F3N2O3/c15-14(16,17)10-4-2-1-3-9(10)5-7-19-8-6-11(20)12(18-19)13(21)22/h1-4,6,8H,5,7H2,(H,21,22). The minimum Gasteiger partial charge on any atom is -0.476 e. The fraction of sp³-hybridized carbons (Fsp3) is 0.214. The van der Waals surface area contributed by atoms with Crippen LogP contribution in [0, 0.1) is 0 Å². The highest BCUT2D eigenvalue weighted by Crippen LogP contribution is 2.32. The van der Waals surface area contributed by atoms with Gasteiger partial charge < -0.3 is 5.11 Å². The normalized spacial score (nSPS) is 11.4. The molecule has 0 unspecified atom stereocenters. The number of hydrogen-bond acceptors (Lipinski definition) is 3. The van der Waals surface area contributed by atoms with Crippen molar-refractivity contribution in [1.82, 2.24) is 9.78 Å². The molecule has 5 nitrogen and oxygen atoms in total. The minimum atomic E-state index is -4.46. The summed E-state index contributed by atoms with van der Waals surface area (Å²) in [6, 6.07) is 6.14. The molecule has 2 rings (SSSR count). The molecule has 2 aromatic rings. The summed E-state index contributed by atoms with van der Waals surface area (Å²) in [5, 5.41) is 12.4. The van der Waals surface area contributed by atoms with E-state index in [4.69, 9.17) is 5.11 Å². The molecule has 0 atom stereocenters. The van der Waals surface area contributed by atoms with Gasteiger partial charge in [-0.3, -0.25) is 9.48 Å². The van der Waals surface area contributed by atoms with E-state index in [0.29, 0.717) is 0 Å². The summed E-state index contributed by atoms with van der Waals surface area (Å²) in [4.78, 5) is 22.1. The minimum absolute atomic E-state index is 0.00458. The van der Waals surface area contributed by atoms with Gasteiger partial charge in [0.2, 0.25) is 11.1 Å². The Bertz CT molecular complexity index is 753. The number of benzene rings is 1. The SMILES string of the molecule is O=C(O)c1nn(CCc2ccccc2C(F)(F)F)ccc1=O. The Morgan fingerprint density at radius 3 is 2.55 bits per heavy atom. The smallest absolute Gasteiger partial charge is 0.416 e. The van der Waals surface area contributed by atoms with Crippen LogP contribution in [-0.4, -0.2) is 20.9 Å². The predicted molar refractivity (Wildman–Crippen MR) is 70.6 cm³/mol. The van der Waals surface area contributed by atoms with Crippen LogP contribution in [0.1, 0.15) is 21.6 Å². The van der Waals surface area contributed by atoms with Crippen molar-refractivity contribution in [3.8, 4) is 0 Å². The molecule has 22 heavy (non-hydrogen) atoms. The molecule has 0 radical (unpaired) electrons. The van der Waals surface area contributed by atoms with E-state index in [0.717, 1.165) is 16.8 Å². The van der Waals surface area contributed by atoms with E-state index in [1.165, 1.54) is 24.4 Å². The van der Waals surface area contributed by atoms with Gasteiger partial charge in [-0.05, 0) is 18.1 Å². The zero-order valence-electron chi connectivity index (χ0n) is 11.2. The molecular formula is C14H11F3N2O3. The van der Waals surface area contributed by atoms with Gasteiger partial charge in [0.05, 0.1) is 5.56 Å². The second kappa shape index (κ2) is 6.00. The Morgan fingerprint density at radius 1 is 1.23 bits per heavy atom. The number of nitrogens with zero attached hydrogens (tertiary/aromatic N) is 2. The Labute approximate surface area is 122 Å². The highest BCUT2D eigenvalue weighted by molar-refractivity contribution is 5.84. The van der Waals surface area contributed by atoms with Crippen molar-refractivity contribution < 1.29 is 23.1 Å². The van der Waals surface area contributed by atoms with Crippen LogP contribution in [0.2, 0.25) is 0 Å². The second-order valence-corrected chi connectivity index (χ2v) is 4.50. The maximum absolute atomic E-state index is 12.9. The molecule has 1 heterocycles. The zero-order chi connectivity index (χ0) is 16.3. The summed E-state index contributed by atoms with van der Waals surface area (Å²) in [7, 11) is 0. The number of alkyl halides is 3. The topological polar surface area (TPSA) is 72.2 Å². The fourth-order valence-electron chi connectivity index (χ4n) is 1.97. The van der Waals surface area contributed by atoms with Gasteiger partial charge in [0.15, 0.2) is 0 Å². The summed E-state index contributed by atoms with van der Waals surface area (Å²) in [5.41, 5.74) is -2.08. The summed E-state index contributed by atoms with van der Waals surface area (Å²) >= 11 is 0. The van der Waals surface area contributed by atoms with Gasteiger partial charge in [0, 0.05) is 18.8 Å². The predicted octanol–water partition coefficient (Wildman–Crippen LogP) is 2.20. The highest BCUT2D eigenvalue weighted by atomic mass is 19.4. The molecule has 1 aromatic carbocycles. The Balaban J connectivity index is 2.23. The summed E-state index contributed by atoms with van der Waals surface area (Å²) in [6.07, 6.45) is -3.21. The molecule has 1 N–H and O–H groups in total. The van der Waals surface area contributed by atoms with E-state index in [1.54, 1.807) is 0 Å². The number of aromatic nitrogens is 2. The number of carboxylic acid groups (broad SMARTS) is 1. The van der Waals surface area contributed by atoms with Crippen LogP contribution < -0.4 is 5.43 Å². The van der Waals surface area contributed by atoms with Gasteiger partial charge in [-0.15, -0.1) is 0 Å². The number of halogens is 3. The molecule has 0 fully saturated rings. The average Bonchev–Trinajstić information content (AvgIpc) is 2.45. The molecule has 0 aliphatic rings. The first-order chi connectivity index (χ1) is 10.3. The number of carboxylic acids is 1. The van der Waals surface area contributed by atoms with Crippen LogP contribution in [0.15, 0.2) is 41.3 Å². The molecule has 0 saturated carbocycles. The van der Waals surface area contributed by atoms with Crippen LogP contribution in [-0.2, 0) is 19.1 Å². The van der Waals surface area contributed by atoms with E-state index in [1.807, 2.05) is 0 Å². The van der Waals surface area contributed by atoms with E-state index in [9.17, 15) is 22.8 Å². The van der Waals surface area contributed by atoms with Crippen molar-refractivity contribution in [2.45, 2.75) is 19.1 Å². The lowest BCUT2D eigenvalue weighted by atomic mass is 10.0. The first kappa shape index (κ1) is 15.7. The molecule has 0 aliphatic carbocycles. The highest BCUT2D eigenvalue weighted by Gasteiger charge is 2.32. The van der Waals surface area contributed by atoms with Gasteiger partial charge in [-0.2, -0.15) is 18.3 Å². The molecule has 0 bridgehead atoms. The Kier molecular flexibility index (Phi) is 4.30. The summed E-state index contributed by atoms with van der Waals surface area (Å²) in [6.45, 7) is 0.0215. The lowest BCUT2D eigenvalue weighted by molar-refractivity contribution is -0.138. The summed E-state index contributed by atoms with van der Waals surface area (Å²) < 4.78 is 39.7. The molecule has 0 saturated heterocycles. The molecule has 116 valence electrons. The zero-order valence-corrected chi connectivity index (χ0v) is 11.2. The molecule has 8 heteroatoms. The maximum Gasteiger partial charge on any atom is 0.416 e. The monoisotopic (exact) mass is 312 g/mol. The number of carbonyl (C=O) groups is 1. The van der Waals surface area contributed by atoms with Crippen molar-refractivity contribution in [2.75, 3.05) is 0 Å². The number of aromatic carboxylic acids is 1. The molecule has 0 aliphatic heterocycles. The van der Waals surface area contributed by atoms with Crippen molar-refractivity contribution in [2.24, 2.45) is 0 Å². The van der Waals surface area contributed by atoms with Gasteiger partial charge in [-0.1, -0.05) is 18.2 Å². The second-order valence-electron chi connectivity index (χ2n) is 4.50. The number of hydrogen-bond donors (Lipinski definition) is 1. The maximum atomic E-state index is 12.9. The van der Waals surface area contributed by atoms with Crippen LogP contribution in [0.25, 0.3) is 0 Å². The van der Waals surface area contributed by atoms with Crippen LogP contribution >= 0.6 is 0 Å². The van der Waals surface area contributed by atoms with Gasteiger partial charge in [0.1, 0.15) is 0 Å². The average molecular weight is 312 g/mol. The van der Waals surface area contributed by atoms with E-state index in [2.05, 4.69) is 5.10 Å². The lowest BCUT2D eigenvalue weighted by Gasteiger charge is -2.13. The van der Waals surface area contributed by atoms with Gasteiger partial charge in [-0.25, -0.2) is 4.79 Å². The fourth-order valence-corrected chi connectivity index (χ4v) is 1.97. The van der Waals surface area contributed by atoms with Crippen LogP contribution in [0.5, 0.6) is 0 Å². The molecule has 0 spiro atoms. The number of aryl methyl sites for hydroxylation is 2. The first-order valence-electron chi connectivity index (χ1n) is 6.25. The number of rotatable bonds is 4. The molecule has 1 aromatic heterocycles. The first-order valence-corrected chi connectivity index (χ1v) is 6.25. The van der Waals surface area contributed by atoms with Gasteiger partial charge in [0.25, 0.3) is 0 Å². The molecular weight excluding hydrogens is 301 g/mol. The van der Waals surface area contributed by atoms with E-state index >= 15 is 0 Å². The third-order valence-electron chi connectivity index (χ3n) is 3.00. The van der Waals surface area contributed by atoms with E-state index in [-0.39, 0.29) is 18.5 Å². The summed E-state index contributed by atoms with van der Waals surface area (Å²) in [5.74, 6) is -1.48. The largest absolute Gasteiger partial charge is 0.476 e. The Morgan fingerprint density at radius 2 is 1.91 bits per heavy atom. The van der Waals surface area contributed by atoms with Gasteiger partial charge >= 0.3 is 12.1 Å². The van der Waals surface area contributed by atoms with Crippen molar-refractivity contribution >= 4 is 5.97 Å². The molecule has 0 amide bonds. The Hall–Kier alpha value is -2.64. The quantitative estimate of drug-likeness (QED) is 0.939. The lowest BCUT2D eigenvalue weighted by Crippen LogP contribution is -2.21. The van der Waals surface area contributed by atoms with E-state index < -0.39 is 28.8 Å². The van der Waals surface area contributed by atoms with Crippen molar-refractivity contribution in [3.05, 3.63) is 63.6 Å². The van der Waals surface area contributed by atoms with Crippen LogP contribution in [0.3, 0.4) is 0 Å². The van der Waals surface area contributed by atoms with Crippen molar-refractivity contribution in [3.63, 3.8) is 0 Å².